The van der Waals surface area contributed by atoms with Gasteiger partial charge in [-0.25, -0.2) is 4.98 Å². The second-order valence-electron chi connectivity index (χ2n) is 2.06. The highest BCUT2D eigenvalue weighted by Gasteiger charge is 2.07. The highest BCUT2D eigenvalue weighted by atomic mass is 79.9. The minimum Gasteiger partial charge on any atom is -0.268 e. The number of pyridine rings is 1. The van der Waals surface area contributed by atoms with Gasteiger partial charge in [-0.05, 0) is 22.0 Å². The van der Waals surface area contributed by atoms with Gasteiger partial charge in [-0.1, -0.05) is 11.6 Å². The van der Waals surface area contributed by atoms with E-state index in [1.165, 1.54) is 18.5 Å². The molecule has 13 heavy (non-hydrogen) atoms. The summed E-state index contributed by atoms with van der Waals surface area (Å²) in [5.74, 6) is -0.507. The van der Waals surface area contributed by atoms with Crippen LogP contribution in [0.5, 0.6) is 0 Å². The van der Waals surface area contributed by atoms with Gasteiger partial charge in [0.1, 0.15) is 5.15 Å². The van der Waals surface area contributed by atoms with Crippen molar-refractivity contribution in [3.63, 3.8) is 0 Å². The first-order valence-electron chi connectivity index (χ1n) is 3.15. The maximum atomic E-state index is 11.1. The van der Waals surface area contributed by atoms with Crippen molar-refractivity contribution in [2.75, 3.05) is 0 Å². The van der Waals surface area contributed by atoms with E-state index in [0.717, 1.165) is 0 Å². The van der Waals surface area contributed by atoms with Crippen LogP contribution >= 0.6 is 27.5 Å². The molecule has 0 aliphatic carbocycles. The van der Waals surface area contributed by atoms with Crippen molar-refractivity contribution in [1.82, 2.24) is 10.3 Å². The molecule has 0 aliphatic rings. The molecule has 0 fully saturated rings. The monoisotopic (exact) mass is 259 g/mol. The molecule has 66 valence electrons. The van der Waals surface area contributed by atoms with Crippen LogP contribution < -0.4 is 5.32 Å². The fourth-order valence-electron chi connectivity index (χ4n) is 0.668. The third kappa shape index (κ3) is 2.41. The topological polar surface area (TPSA) is 65.8 Å². The zero-order valence-electron chi connectivity index (χ0n) is 6.21. The van der Waals surface area contributed by atoms with Crippen molar-refractivity contribution in [2.45, 2.75) is 0 Å². The molecule has 6 heteroatoms. The maximum Gasteiger partial charge on any atom is 0.265 e. The Labute approximate surface area is 87.7 Å². The SMILES string of the molecule is N#CNC(=O)c1cnc(Cl)c(Br)c1. The number of nitrogens with zero attached hydrogens (tertiary/aromatic N) is 2. The molecule has 4 nitrogen and oxygen atoms in total. The van der Waals surface area contributed by atoms with Crippen LogP contribution in [0.15, 0.2) is 16.7 Å². The fraction of sp³-hybridized carbons (Fsp3) is 0. The van der Waals surface area contributed by atoms with Crippen molar-refractivity contribution in [2.24, 2.45) is 0 Å². The van der Waals surface area contributed by atoms with E-state index in [0.29, 0.717) is 4.47 Å². The Morgan fingerprint density at radius 2 is 2.46 bits per heavy atom. The summed E-state index contributed by atoms with van der Waals surface area (Å²) in [4.78, 5) is 14.8. The number of aromatic nitrogens is 1. The predicted octanol–water partition coefficient (Wildman–Crippen LogP) is 1.71. The summed E-state index contributed by atoms with van der Waals surface area (Å²) in [6.07, 6.45) is 2.82. The molecular formula is C7H3BrClN3O. The minimum absolute atomic E-state index is 0.272. The summed E-state index contributed by atoms with van der Waals surface area (Å²) < 4.78 is 0.514. The lowest BCUT2D eigenvalue weighted by molar-refractivity contribution is 0.0972. The molecule has 1 amide bonds. The Hall–Kier alpha value is -1.12. The highest BCUT2D eigenvalue weighted by Crippen LogP contribution is 2.20. The molecule has 0 aromatic carbocycles. The summed E-state index contributed by atoms with van der Waals surface area (Å²) in [7, 11) is 0. The van der Waals surface area contributed by atoms with Gasteiger partial charge >= 0.3 is 0 Å². The molecule has 1 heterocycles. The van der Waals surface area contributed by atoms with Crippen LogP contribution in [0, 0.1) is 11.5 Å². The molecule has 1 aromatic heterocycles. The lowest BCUT2D eigenvalue weighted by atomic mass is 10.3. The normalized spacial score (nSPS) is 9.00. The zero-order chi connectivity index (χ0) is 9.84. The zero-order valence-corrected chi connectivity index (χ0v) is 8.56. The Kier molecular flexibility index (Phi) is 3.23. The van der Waals surface area contributed by atoms with Crippen molar-refractivity contribution in [3.05, 3.63) is 27.5 Å². The second-order valence-corrected chi connectivity index (χ2v) is 3.27. The van der Waals surface area contributed by atoms with Crippen molar-refractivity contribution < 1.29 is 4.79 Å². The maximum absolute atomic E-state index is 11.1. The first-order valence-corrected chi connectivity index (χ1v) is 4.32. The van der Waals surface area contributed by atoms with Gasteiger partial charge in [0.2, 0.25) is 0 Å². The average Bonchev–Trinajstić information content (AvgIpc) is 2.10. The summed E-state index contributed by atoms with van der Waals surface area (Å²) in [6, 6.07) is 1.49. The quantitative estimate of drug-likeness (QED) is 0.475. The van der Waals surface area contributed by atoms with E-state index in [9.17, 15) is 4.79 Å². The lowest BCUT2D eigenvalue weighted by Gasteiger charge is -1.98. The van der Waals surface area contributed by atoms with E-state index >= 15 is 0 Å². The summed E-state index contributed by atoms with van der Waals surface area (Å²) in [5, 5.41) is 10.4. The first-order chi connectivity index (χ1) is 6.15. The van der Waals surface area contributed by atoms with Gasteiger partial charge < -0.3 is 0 Å². The summed E-state index contributed by atoms with van der Waals surface area (Å²) >= 11 is 8.72. The van der Waals surface area contributed by atoms with E-state index in [-0.39, 0.29) is 10.7 Å². The van der Waals surface area contributed by atoms with E-state index in [1.807, 2.05) is 5.32 Å². The van der Waals surface area contributed by atoms with Crippen LogP contribution in [0.1, 0.15) is 10.4 Å². The summed E-state index contributed by atoms with van der Waals surface area (Å²) in [6.45, 7) is 0. The van der Waals surface area contributed by atoms with Crippen LogP contribution in [0.4, 0.5) is 0 Å². The second kappa shape index (κ2) is 4.21. The molecule has 1 rings (SSSR count). The van der Waals surface area contributed by atoms with Gasteiger partial charge in [0.15, 0.2) is 6.19 Å². The predicted molar refractivity (Wildman–Crippen MR) is 50.0 cm³/mol. The molecule has 0 unspecified atom stereocenters. The Balaban J connectivity index is 2.98. The molecule has 0 saturated heterocycles. The summed E-state index contributed by atoms with van der Waals surface area (Å²) in [5.41, 5.74) is 0.276. The third-order valence-corrected chi connectivity index (χ3v) is 2.36. The van der Waals surface area contributed by atoms with Crippen LogP contribution in [-0.2, 0) is 0 Å². The van der Waals surface area contributed by atoms with Crippen LogP contribution in [0.3, 0.4) is 0 Å². The lowest BCUT2D eigenvalue weighted by Crippen LogP contribution is -2.17. The van der Waals surface area contributed by atoms with Gasteiger partial charge in [-0.2, -0.15) is 5.26 Å². The van der Waals surface area contributed by atoms with Gasteiger partial charge in [0.05, 0.1) is 10.0 Å². The average molecular weight is 260 g/mol. The number of amides is 1. The van der Waals surface area contributed by atoms with E-state index in [1.54, 1.807) is 0 Å². The molecular weight excluding hydrogens is 257 g/mol. The smallest absolute Gasteiger partial charge is 0.265 e. The number of hydrogen-bond donors (Lipinski definition) is 1. The van der Waals surface area contributed by atoms with Crippen LogP contribution in [-0.4, -0.2) is 10.9 Å². The number of rotatable bonds is 1. The molecule has 0 aliphatic heterocycles. The standard InChI is InChI=1S/C7H3BrClN3O/c8-5-1-4(2-11-6(5)9)7(13)12-3-10/h1-2H,(H,12,13). The number of carbonyl (C=O) groups excluding carboxylic acids is 1. The molecule has 0 bridgehead atoms. The van der Waals surface area contributed by atoms with Crippen LogP contribution in [0.2, 0.25) is 5.15 Å². The van der Waals surface area contributed by atoms with Gasteiger partial charge in [0.25, 0.3) is 5.91 Å². The number of hydrogen-bond acceptors (Lipinski definition) is 3. The van der Waals surface area contributed by atoms with Gasteiger partial charge in [0, 0.05) is 6.20 Å². The van der Waals surface area contributed by atoms with Crippen molar-refractivity contribution in [3.8, 4) is 6.19 Å². The highest BCUT2D eigenvalue weighted by molar-refractivity contribution is 9.10. The molecule has 0 radical (unpaired) electrons. The van der Waals surface area contributed by atoms with E-state index in [4.69, 9.17) is 16.9 Å². The van der Waals surface area contributed by atoms with Crippen molar-refractivity contribution in [1.29, 1.82) is 5.26 Å². The molecule has 1 N–H and O–H groups in total. The number of nitriles is 1. The minimum atomic E-state index is -0.507. The Morgan fingerprint density at radius 1 is 1.77 bits per heavy atom. The Morgan fingerprint density at radius 3 is 3.00 bits per heavy atom. The molecule has 0 atom stereocenters. The van der Waals surface area contributed by atoms with E-state index < -0.39 is 5.91 Å². The third-order valence-electron chi connectivity index (χ3n) is 1.23. The number of halogens is 2. The van der Waals surface area contributed by atoms with Crippen LogP contribution in [0.25, 0.3) is 0 Å². The molecule has 0 saturated carbocycles. The largest absolute Gasteiger partial charge is 0.268 e. The number of carbonyl (C=O) groups is 1. The van der Waals surface area contributed by atoms with E-state index in [2.05, 4.69) is 20.9 Å². The van der Waals surface area contributed by atoms with Gasteiger partial charge in [-0.3, -0.25) is 10.1 Å². The number of nitrogens with one attached hydrogen (secondary N) is 1. The molecule has 1 aromatic rings. The van der Waals surface area contributed by atoms with Crippen molar-refractivity contribution >= 4 is 33.4 Å². The Bertz CT molecular complexity index is 388. The first kappa shape index (κ1) is 9.96. The fourth-order valence-corrected chi connectivity index (χ4v) is 1.12. The van der Waals surface area contributed by atoms with Gasteiger partial charge in [-0.15, -0.1) is 0 Å². The molecule has 0 spiro atoms.